The Labute approximate surface area is 125 Å². The first-order valence-corrected chi connectivity index (χ1v) is 7.24. The molecule has 104 valence electrons. The van der Waals surface area contributed by atoms with E-state index in [1.165, 1.54) is 12.1 Å². The summed E-state index contributed by atoms with van der Waals surface area (Å²) in [6, 6.07) is 10.3. The highest BCUT2D eigenvalue weighted by Crippen LogP contribution is 2.42. The van der Waals surface area contributed by atoms with Crippen LogP contribution in [-0.2, 0) is 0 Å². The Balaban J connectivity index is 1.97. The number of hydrogen-bond donors (Lipinski definition) is 1. The van der Waals surface area contributed by atoms with Crippen LogP contribution in [0.1, 0.15) is 35.3 Å². The molecule has 0 aliphatic carbocycles. The van der Waals surface area contributed by atoms with Crippen LogP contribution in [0.25, 0.3) is 0 Å². The molecule has 1 aliphatic heterocycles. The van der Waals surface area contributed by atoms with Crippen LogP contribution in [-0.4, -0.2) is 5.11 Å². The quantitative estimate of drug-likeness (QED) is 0.833. The molecule has 0 spiro atoms. The Kier molecular flexibility index (Phi) is 3.52. The van der Waals surface area contributed by atoms with Gasteiger partial charge in [0.25, 0.3) is 0 Å². The van der Waals surface area contributed by atoms with Crippen LogP contribution >= 0.6 is 15.9 Å². The van der Waals surface area contributed by atoms with Gasteiger partial charge in [-0.3, -0.25) is 0 Å². The molecule has 4 heteroatoms. The normalized spacial score (nSPS) is 21.2. The number of halogens is 2. The Bertz CT molecular complexity index is 657. The third-order valence-corrected chi connectivity index (χ3v) is 4.23. The lowest BCUT2D eigenvalue weighted by Gasteiger charge is -2.30. The lowest BCUT2D eigenvalue weighted by atomic mass is 9.94. The summed E-state index contributed by atoms with van der Waals surface area (Å²) in [7, 11) is 0. The first-order chi connectivity index (χ1) is 9.54. The highest BCUT2D eigenvalue weighted by Gasteiger charge is 2.29. The Hall–Kier alpha value is -1.39. The summed E-state index contributed by atoms with van der Waals surface area (Å²) in [5.41, 5.74) is 2.66. The lowest BCUT2D eigenvalue weighted by molar-refractivity contribution is 0.0650. The Morgan fingerprint density at radius 2 is 2.00 bits per heavy atom. The highest BCUT2D eigenvalue weighted by molar-refractivity contribution is 9.10. The van der Waals surface area contributed by atoms with Crippen LogP contribution in [0.3, 0.4) is 0 Å². The van der Waals surface area contributed by atoms with Crippen LogP contribution < -0.4 is 4.74 Å². The molecule has 0 amide bonds. The maximum absolute atomic E-state index is 13.2. The zero-order chi connectivity index (χ0) is 14.3. The van der Waals surface area contributed by atoms with Gasteiger partial charge < -0.3 is 9.84 Å². The number of fused-ring (bicyclic) bond motifs is 1. The molecule has 2 atom stereocenters. The van der Waals surface area contributed by atoms with Crippen LogP contribution in [0.4, 0.5) is 4.39 Å². The average Bonchev–Trinajstić information content (AvgIpc) is 2.39. The molecule has 0 saturated heterocycles. The standard InChI is InChI=1S/C16H14BrFO2/c1-9-2-4-11(13(17)6-9)16-8-14(19)12-7-10(18)3-5-15(12)20-16/h2-7,14,16,19H,8H2,1H3/t14-,16?/m1/s1. The van der Waals surface area contributed by atoms with E-state index in [2.05, 4.69) is 15.9 Å². The highest BCUT2D eigenvalue weighted by atomic mass is 79.9. The maximum Gasteiger partial charge on any atom is 0.128 e. The van der Waals surface area contributed by atoms with Crippen molar-refractivity contribution in [3.63, 3.8) is 0 Å². The van der Waals surface area contributed by atoms with Crippen molar-refractivity contribution in [3.8, 4) is 5.75 Å². The SMILES string of the molecule is Cc1ccc(C2C[C@@H](O)c3cc(F)ccc3O2)c(Br)c1. The summed E-state index contributed by atoms with van der Waals surface area (Å²) >= 11 is 3.53. The van der Waals surface area contributed by atoms with E-state index in [1.54, 1.807) is 6.07 Å². The predicted molar refractivity (Wildman–Crippen MR) is 78.2 cm³/mol. The summed E-state index contributed by atoms with van der Waals surface area (Å²) in [6.45, 7) is 2.02. The second-order valence-corrected chi connectivity index (χ2v) is 5.92. The summed E-state index contributed by atoms with van der Waals surface area (Å²) < 4.78 is 20.1. The van der Waals surface area contributed by atoms with E-state index in [0.29, 0.717) is 17.7 Å². The van der Waals surface area contributed by atoms with Crippen molar-refractivity contribution in [2.45, 2.75) is 25.6 Å². The van der Waals surface area contributed by atoms with Gasteiger partial charge in [0.1, 0.15) is 17.7 Å². The minimum Gasteiger partial charge on any atom is -0.485 e. The molecule has 2 aromatic rings. The van der Waals surface area contributed by atoms with E-state index < -0.39 is 6.10 Å². The van der Waals surface area contributed by atoms with Crippen molar-refractivity contribution in [3.05, 3.63) is 63.4 Å². The van der Waals surface area contributed by atoms with E-state index in [0.717, 1.165) is 15.6 Å². The fourth-order valence-electron chi connectivity index (χ4n) is 2.50. The van der Waals surface area contributed by atoms with Gasteiger partial charge in [-0.25, -0.2) is 4.39 Å². The van der Waals surface area contributed by atoms with Gasteiger partial charge >= 0.3 is 0 Å². The molecule has 0 fully saturated rings. The molecule has 1 N–H and O–H groups in total. The number of aliphatic hydroxyl groups is 1. The summed E-state index contributed by atoms with van der Waals surface area (Å²) in [6.07, 6.45) is -0.538. The number of aryl methyl sites for hydroxylation is 1. The third kappa shape index (κ3) is 2.45. The number of rotatable bonds is 1. The molecule has 1 unspecified atom stereocenters. The van der Waals surface area contributed by atoms with E-state index in [9.17, 15) is 9.50 Å². The number of hydrogen-bond acceptors (Lipinski definition) is 2. The summed E-state index contributed by atoms with van der Waals surface area (Å²) in [5, 5.41) is 10.2. The van der Waals surface area contributed by atoms with Crippen molar-refractivity contribution >= 4 is 15.9 Å². The Morgan fingerprint density at radius 3 is 2.75 bits per heavy atom. The van der Waals surface area contributed by atoms with E-state index in [4.69, 9.17) is 4.74 Å². The van der Waals surface area contributed by atoms with Crippen molar-refractivity contribution in [2.75, 3.05) is 0 Å². The van der Waals surface area contributed by atoms with Crippen molar-refractivity contribution in [1.82, 2.24) is 0 Å². The largest absolute Gasteiger partial charge is 0.485 e. The molecule has 0 aromatic heterocycles. The van der Waals surface area contributed by atoms with Gasteiger partial charge in [0.2, 0.25) is 0 Å². The number of ether oxygens (including phenoxy) is 1. The minimum atomic E-state index is -0.715. The molecular weight excluding hydrogens is 323 g/mol. The fraction of sp³-hybridized carbons (Fsp3) is 0.250. The van der Waals surface area contributed by atoms with Gasteiger partial charge in [0.05, 0.1) is 6.10 Å². The molecule has 2 nitrogen and oxygen atoms in total. The number of aliphatic hydroxyl groups excluding tert-OH is 1. The zero-order valence-corrected chi connectivity index (χ0v) is 12.5. The minimum absolute atomic E-state index is 0.238. The molecule has 0 bridgehead atoms. The smallest absolute Gasteiger partial charge is 0.128 e. The maximum atomic E-state index is 13.2. The van der Waals surface area contributed by atoms with Crippen LogP contribution in [0, 0.1) is 12.7 Å². The van der Waals surface area contributed by atoms with Crippen LogP contribution in [0.15, 0.2) is 40.9 Å². The molecule has 0 radical (unpaired) electrons. The van der Waals surface area contributed by atoms with Gasteiger partial charge in [-0.2, -0.15) is 0 Å². The second kappa shape index (κ2) is 5.19. The predicted octanol–water partition coefficient (Wildman–Crippen LogP) is 4.45. The van der Waals surface area contributed by atoms with Gasteiger partial charge in [-0.1, -0.05) is 28.1 Å². The molecule has 1 aliphatic rings. The van der Waals surface area contributed by atoms with Gasteiger partial charge in [0, 0.05) is 22.0 Å². The molecule has 0 saturated carbocycles. The average molecular weight is 337 g/mol. The van der Waals surface area contributed by atoms with E-state index in [-0.39, 0.29) is 11.9 Å². The lowest BCUT2D eigenvalue weighted by Crippen LogP contribution is -2.19. The van der Waals surface area contributed by atoms with E-state index >= 15 is 0 Å². The second-order valence-electron chi connectivity index (χ2n) is 5.07. The van der Waals surface area contributed by atoms with Crippen LogP contribution in [0.5, 0.6) is 5.75 Å². The summed E-state index contributed by atoms with van der Waals surface area (Å²) in [5.74, 6) is 0.184. The molecule has 3 rings (SSSR count). The van der Waals surface area contributed by atoms with Crippen molar-refractivity contribution in [2.24, 2.45) is 0 Å². The van der Waals surface area contributed by atoms with Crippen LogP contribution in [0.2, 0.25) is 0 Å². The topological polar surface area (TPSA) is 29.5 Å². The first kappa shape index (κ1) is 13.6. The van der Waals surface area contributed by atoms with Crippen molar-refractivity contribution < 1.29 is 14.2 Å². The molecule has 20 heavy (non-hydrogen) atoms. The first-order valence-electron chi connectivity index (χ1n) is 6.45. The zero-order valence-electron chi connectivity index (χ0n) is 10.9. The summed E-state index contributed by atoms with van der Waals surface area (Å²) in [4.78, 5) is 0. The van der Waals surface area contributed by atoms with E-state index in [1.807, 2.05) is 25.1 Å². The van der Waals surface area contributed by atoms with Gasteiger partial charge in [-0.15, -0.1) is 0 Å². The van der Waals surface area contributed by atoms with Gasteiger partial charge in [-0.05, 0) is 36.8 Å². The Morgan fingerprint density at radius 1 is 1.20 bits per heavy atom. The number of benzene rings is 2. The third-order valence-electron chi connectivity index (χ3n) is 3.54. The fourth-order valence-corrected chi connectivity index (χ4v) is 3.25. The molecule has 1 heterocycles. The monoisotopic (exact) mass is 336 g/mol. The van der Waals surface area contributed by atoms with Gasteiger partial charge in [0.15, 0.2) is 0 Å². The molecular formula is C16H14BrFO2. The van der Waals surface area contributed by atoms with Crippen molar-refractivity contribution in [1.29, 1.82) is 0 Å². The molecule has 2 aromatic carbocycles.